The van der Waals surface area contributed by atoms with Gasteiger partial charge in [0.1, 0.15) is 5.82 Å². The van der Waals surface area contributed by atoms with Gasteiger partial charge in [-0.15, -0.1) is 0 Å². The Bertz CT molecular complexity index is 350. The van der Waals surface area contributed by atoms with E-state index in [1.165, 1.54) is 0 Å². The smallest absolute Gasteiger partial charge is 0.156 e. The number of aromatic nitrogens is 3. The summed E-state index contributed by atoms with van der Waals surface area (Å²) >= 11 is 0. The molecule has 2 aromatic heterocycles. The molecule has 3 heteroatoms. The van der Waals surface area contributed by atoms with Crippen LogP contribution in [0.25, 0.3) is 5.65 Å². The lowest BCUT2D eigenvalue weighted by atomic mass is 10.6. The van der Waals surface area contributed by atoms with Gasteiger partial charge in [0.15, 0.2) is 5.65 Å². The van der Waals surface area contributed by atoms with Crippen molar-refractivity contribution in [3.05, 3.63) is 30.5 Å². The van der Waals surface area contributed by atoms with Gasteiger partial charge in [-0.1, -0.05) is 0 Å². The fraction of sp³-hybridized carbons (Fsp3) is 0.143. The summed E-state index contributed by atoms with van der Waals surface area (Å²) in [5, 5.41) is 0. The zero-order valence-corrected chi connectivity index (χ0v) is 5.65. The highest BCUT2D eigenvalue weighted by molar-refractivity contribution is 5.35. The highest BCUT2D eigenvalue weighted by atomic mass is 15.1. The van der Waals surface area contributed by atoms with Crippen LogP contribution < -0.4 is 0 Å². The van der Waals surface area contributed by atoms with Crippen LogP contribution in [0.15, 0.2) is 24.7 Å². The van der Waals surface area contributed by atoms with Gasteiger partial charge in [0.05, 0.1) is 6.20 Å². The van der Waals surface area contributed by atoms with Crippen molar-refractivity contribution in [3.8, 4) is 0 Å². The fourth-order valence-electron chi connectivity index (χ4n) is 0.965. The van der Waals surface area contributed by atoms with Crippen molar-refractivity contribution in [1.29, 1.82) is 0 Å². The van der Waals surface area contributed by atoms with Crippen LogP contribution >= 0.6 is 0 Å². The van der Waals surface area contributed by atoms with Gasteiger partial charge < -0.3 is 0 Å². The topological polar surface area (TPSA) is 30.2 Å². The van der Waals surface area contributed by atoms with E-state index in [-0.39, 0.29) is 0 Å². The van der Waals surface area contributed by atoms with E-state index in [1.807, 2.05) is 23.6 Å². The summed E-state index contributed by atoms with van der Waals surface area (Å²) < 4.78 is 1.94. The maximum absolute atomic E-state index is 4.10. The van der Waals surface area contributed by atoms with E-state index in [2.05, 4.69) is 9.97 Å². The van der Waals surface area contributed by atoms with Gasteiger partial charge in [0.25, 0.3) is 0 Å². The molecule has 0 bridgehead atoms. The Morgan fingerprint density at radius 2 is 2.30 bits per heavy atom. The Morgan fingerprint density at radius 3 is 3.10 bits per heavy atom. The summed E-state index contributed by atoms with van der Waals surface area (Å²) in [4.78, 5) is 8.20. The second kappa shape index (κ2) is 1.80. The lowest BCUT2D eigenvalue weighted by Gasteiger charge is -1.90. The van der Waals surface area contributed by atoms with E-state index in [0.717, 1.165) is 11.5 Å². The minimum atomic E-state index is 0.903. The average molecular weight is 133 g/mol. The SMILES string of the molecule is Cc1ncc2ncccn12. The third-order valence-electron chi connectivity index (χ3n) is 1.49. The zero-order chi connectivity index (χ0) is 6.97. The third-order valence-corrected chi connectivity index (χ3v) is 1.49. The molecule has 0 amide bonds. The minimum Gasteiger partial charge on any atom is -0.288 e. The molecule has 0 radical (unpaired) electrons. The summed E-state index contributed by atoms with van der Waals surface area (Å²) in [5.41, 5.74) is 0.903. The number of hydrogen-bond acceptors (Lipinski definition) is 2. The van der Waals surface area contributed by atoms with E-state index < -0.39 is 0 Å². The molecule has 2 aromatic rings. The van der Waals surface area contributed by atoms with Gasteiger partial charge in [-0.05, 0) is 13.0 Å². The van der Waals surface area contributed by atoms with E-state index in [4.69, 9.17) is 0 Å². The summed E-state index contributed by atoms with van der Waals surface area (Å²) in [6.07, 6.45) is 5.47. The van der Waals surface area contributed by atoms with Crippen molar-refractivity contribution in [2.75, 3.05) is 0 Å². The molecular weight excluding hydrogens is 126 g/mol. The Hall–Kier alpha value is -1.38. The summed E-state index contributed by atoms with van der Waals surface area (Å²) in [5.74, 6) is 0.975. The van der Waals surface area contributed by atoms with Crippen molar-refractivity contribution in [2.24, 2.45) is 0 Å². The van der Waals surface area contributed by atoms with Gasteiger partial charge in [0.2, 0.25) is 0 Å². The molecule has 0 aromatic carbocycles. The second-order valence-electron chi connectivity index (χ2n) is 2.15. The molecule has 0 saturated carbocycles. The first-order valence-electron chi connectivity index (χ1n) is 3.12. The van der Waals surface area contributed by atoms with Crippen LogP contribution in [-0.4, -0.2) is 14.4 Å². The Morgan fingerprint density at radius 1 is 1.40 bits per heavy atom. The maximum atomic E-state index is 4.10. The van der Waals surface area contributed by atoms with Crippen molar-refractivity contribution in [3.63, 3.8) is 0 Å². The Kier molecular flexibility index (Phi) is 0.974. The third kappa shape index (κ3) is 0.603. The zero-order valence-electron chi connectivity index (χ0n) is 5.65. The normalized spacial score (nSPS) is 10.5. The van der Waals surface area contributed by atoms with E-state index in [1.54, 1.807) is 12.4 Å². The van der Waals surface area contributed by atoms with Gasteiger partial charge >= 0.3 is 0 Å². The van der Waals surface area contributed by atoms with Crippen LogP contribution in [0.4, 0.5) is 0 Å². The molecule has 0 saturated heterocycles. The molecule has 0 aliphatic carbocycles. The molecule has 0 fully saturated rings. The lowest BCUT2D eigenvalue weighted by molar-refractivity contribution is 1.02. The number of nitrogens with zero attached hydrogens (tertiary/aromatic N) is 3. The maximum Gasteiger partial charge on any atom is 0.156 e. The van der Waals surface area contributed by atoms with Crippen LogP contribution in [0.1, 0.15) is 5.82 Å². The standard InChI is InChI=1S/C7H7N3/c1-6-9-5-7-8-3-2-4-10(6)7/h2-5H,1H3. The summed E-state index contributed by atoms with van der Waals surface area (Å²) in [6, 6.07) is 1.89. The predicted octanol–water partition coefficient (Wildman–Crippen LogP) is 1.04. The molecule has 50 valence electrons. The van der Waals surface area contributed by atoms with Crippen LogP contribution in [0.3, 0.4) is 0 Å². The van der Waals surface area contributed by atoms with Gasteiger partial charge in [-0.25, -0.2) is 9.97 Å². The predicted molar refractivity (Wildman–Crippen MR) is 37.7 cm³/mol. The monoisotopic (exact) mass is 133 g/mol. The van der Waals surface area contributed by atoms with Crippen molar-refractivity contribution in [2.45, 2.75) is 6.92 Å². The van der Waals surface area contributed by atoms with Crippen LogP contribution in [0.5, 0.6) is 0 Å². The molecule has 10 heavy (non-hydrogen) atoms. The molecule has 0 atom stereocenters. The van der Waals surface area contributed by atoms with Crippen LogP contribution in [0.2, 0.25) is 0 Å². The first kappa shape index (κ1) is 5.41. The van der Waals surface area contributed by atoms with Gasteiger partial charge in [-0.2, -0.15) is 0 Å². The summed E-state index contributed by atoms with van der Waals surface area (Å²) in [6.45, 7) is 1.95. The molecule has 2 rings (SSSR count). The number of fused-ring (bicyclic) bond motifs is 1. The largest absolute Gasteiger partial charge is 0.288 e. The number of rotatable bonds is 0. The number of aryl methyl sites for hydroxylation is 1. The van der Waals surface area contributed by atoms with E-state index in [9.17, 15) is 0 Å². The minimum absolute atomic E-state index is 0.903. The Balaban J connectivity index is 2.93. The van der Waals surface area contributed by atoms with Crippen molar-refractivity contribution < 1.29 is 0 Å². The van der Waals surface area contributed by atoms with Crippen LogP contribution in [-0.2, 0) is 0 Å². The highest BCUT2D eigenvalue weighted by Crippen LogP contribution is 1.99. The molecule has 0 N–H and O–H groups in total. The first-order chi connectivity index (χ1) is 4.88. The molecule has 0 aliphatic heterocycles. The molecule has 0 spiro atoms. The van der Waals surface area contributed by atoms with Crippen LogP contribution in [0, 0.1) is 6.92 Å². The fourth-order valence-corrected chi connectivity index (χ4v) is 0.965. The summed E-state index contributed by atoms with van der Waals surface area (Å²) in [7, 11) is 0. The van der Waals surface area contributed by atoms with Crippen molar-refractivity contribution in [1.82, 2.24) is 14.4 Å². The second-order valence-corrected chi connectivity index (χ2v) is 2.15. The molecular formula is C7H7N3. The molecule has 2 heterocycles. The Labute approximate surface area is 58.4 Å². The highest BCUT2D eigenvalue weighted by Gasteiger charge is 1.94. The van der Waals surface area contributed by atoms with Gasteiger partial charge in [0, 0.05) is 12.4 Å². The van der Waals surface area contributed by atoms with Gasteiger partial charge in [-0.3, -0.25) is 4.40 Å². The average Bonchev–Trinajstić information content (AvgIpc) is 2.34. The lowest BCUT2D eigenvalue weighted by Crippen LogP contribution is -1.87. The molecule has 3 nitrogen and oxygen atoms in total. The number of imidazole rings is 1. The molecule has 0 unspecified atom stereocenters. The van der Waals surface area contributed by atoms with Crippen molar-refractivity contribution >= 4 is 5.65 Å². The quantitative estimate of drug-likeness (QED) is 0.537. The number of hydrogen-bond donors (Lipinski definition) is 0. The first-order valence-corrected chi connectivity index (χ1v) is 3.12. The van der Waals surface area contributed by atoms with E-state index >= 15 is 0 Å². The van der Waals surface area contributed by atoms with E-state index in [0.29, 0.717) is 0 Å². The molecule has 0 aliphatic rings.